The van der Waals surface area contributed by atoms with Gasteiger partial charge in [0.05, 0.1) is 5.69 Å². The Kier molecular flexibility index (Phi) is 3.92. The Hall–Kier alpha value is -2.61. The van der Waals surface area contributed by atoms with Crippen molar-refractivity contribution < 1.29 is 4.39 Å². The smallest absolute Gasteiger partial charge is 0.147 e. The van der Waals surface area contributed by atoms with E-state index in [1.807, 2.05) is 73.3 Å². The van der Waals surface area contributed by atoms with Crippen LogP contribution in [0.25, 0.3) is 0 Å². The summed E-state index contributed by atoms with van der Waals surface area (Å²) >= 11 is 0. The highest BCUT2D eigenvalue weighted by atomic mass is 19.1. The first-order valence-electron chi connectivity index (χ1n) is 7.33. The summed E-state index contributed by atoms with van der Waals surface area (Å²) < 4.78 is 14.3. The summed E-state index contributed by atoms with van der Waals surface area (Å²) in [6, 6.07) is 23.1. The summed E-state index contributed by atoms with van der Waals surface area (Å²) in [4.78, 5) is 1.94. The van der Waals surface area contributed by atoms with Gasteiger partial charge in [0.25, 0.3) is 0 Å². The lowest BCUT2D eigenvalue weighted by Gasteiger charge is -2.26. The minimum Gasteiger partial charge on any atom is -0.308 e. The van der Waals surface area contributed by atoms with Crippen LogP contribution >= 0.6 is 0 Å². The number of anilines is 3. The van der Waals surface area contributed by atoms with Crippen LogP contribution in [0.1, 0.15) is 11.1 Å². The van der Waals surface area contributed by atoms with Gasteiger partial charge in [-0.05, 0) is 50.2 Å². The first kappa shape index (κ1) is 14.3. The molecule has 0 radical (unpaired) electrons. The second kappa shape index (κ2) is 6.02. The molecule has 0 aliphatic rings. The van der Waals surface area contributed by atoms with Gasteiger partial charge in [-0.25, -0.2) is 4.39 Å². The zero-order valence-corrected chi connectivity index (χ0v) is 12.8. The average molecular weight is 291 g/mol. The minimum absolute atomic E-state index is 0.233. The highest BCUT2D eigenvalue weighted by Crippen LogP contribution is 2.35. The van der Waals surface area contributed by atoms with E-state index in [0.29, 0.717) is 5.69 Å². The van der Waals surface area contributed by atoms with Crippen LogP contribution < -0.4 is 4.90 Å². The van der Waals surface area contributed by atoms with E-state index in [1.165, 1.54) is 17.2 Å². The van der Waals surface area contributed by atoms with E-state index >= 15 is 0 Å². The maximum atomic E-state index is 14.3. The molecule has 0 saturated carbocycles. The third kappa shape index (κ3) is 2.86. The van der Waals surface area contributed by atoms with Crippen molar-refractivity contribution in [3.8, 4) is 0 Å². The molecule has 0 fully saturated rings. The second-order valence-electron chi connectivity index (χ2n) is 5.46. The van der Waals surface area contributed by atoms with Gasteiger partial charge < -0.3 is 4.90 Å². The quantitative estimate of drug-likeness (QED) is 0.579. The Labute approximate surface area is 130 Å². The molecule has 0 heterocycles. The largest absolute Gasteiger partial charge is 0.308 e. The molecule has 0 unspecified atom stereocenters. The van der Waals surface area contributed by atoms with Gasteiger partial charge in [0.15, 0.2) is 0 Å². The van der Waals surface area contributed by atoms with Gasteiger partial charge in [0.2, 0.25) is 0 Å². The van der Waals surface area contributed by atoms with Crippen LogP contribution in [0.5, 0.6) is 0 Å². The fourth-order valence-corrected chi connectivity index (χ4v) is 2.45. The third-order valence-electron chi connectivity index (χ3n) is 3.68. The number of benzene rings is 3. The van der Waals surface area contributed by atoms with Crippen molar-refractivity contribution in [1.29, 1.82) is 0 Å². The molecule has 0 amide bonds. The van der Waals surface area contributed by atoms with Crippen molar-refractivity contribution in [1.82, 2.24) is 0 Å². The van der Waals surface area contributed by atoms with Crippen LogP contribution in [0.4, 0.5) is 21.5 Å². The molecule has 0 spiro atoms. The van der Waals surface area contributed by atoms with E-state index < -0.39 is 0 Å². The SMILES string of the molecule is Cc1ccc(N(c2ccc(C)cc2)c2ccccc2F)cc1. The van der Waals surface area contributed by atoms with E-state index in [9.17, 15) is 4.39 Å². The van der Waals surface area contributed by atoms with Crippen molar-refractivity contribution >= 4 is 17.1 Å². The van der Waals surface area contributed by atoms with Gasteiger partial charge in [-0.3, -0.25) is 0 Å². The fraction of sp³-hybridized carbons (Fsp3) is 0.100. The maximum Gasteiger partial charge on any atom is 0.147 e. The van der Waals surface area contributed by atoms with Gasteiger partial charge in [0, 0.05) is 11.4 Å². The van der Waals surface area contributed by atoms with Crippen LogP contribution in [0.2, 0.25) is 0 Å². The van der Waals surface area contributed by atoms with E-state index in [4.69, 9.17) is 0 Å². The molecule has 22 heavy (non-hydrogen) atoms. The molecule has 0 aromatic heterocycles. The molecule has 0 N–H and O–H groups in total. The van der Waals surface area contributed by atoms with Gasteiger partial charge in [-0.15, -0.1) is 0 Å². The standard InChI is InChI=1S/C20H18FN/c1-15-7-11-17(12-8-15)22(18-13-9-16(2)10-14-18)20-6-4-3-5-19(20)21/h3-14H,1-2H3. The summed E-state index contributed by atoms with van der Waals surface area (Å²) in [7, 11) is 0. The first-order chi connectivity index (χ1) is 10.6. The average Bonchev–Trinajstić information content (AvgIpc) is 2.53. The van der Waals surface area contributed by atoms with Crippen molar-refractivity contribution in [3.05, 3.63) is 89.7 Å². The van der Waals surface area contributed by atoms with Crippen LogP contribution in [-0.4, -0.2) is 0 Å². The van der Waals surface area contributed by atoms with Crippen LogP contribution in [0.3, 0.4) is 0 Å². The molecule has 2 heteroatoms. The van der Waals surface area contributed by atoms with Gasteiger partial charge >= 0.3 is 0 Å². The number of nitrogens with zero attached hydrogens (tertiary/aromatic N) is 1. The van der Waals surface area contributed by atoms with E-state index in [2.05, 4.69) is 0 Å². The predicted octanol–water partition coefficient (Wildman–Crippen LogP) is 5.91. The first-order valence-corrected chi connectivity index (χ1v) is 7.33. The molecule has 110 valence electrons. The summed E-state index contributed by atoms with van der Waals surface area (Å²) in [5, 5.41) is 0. The van der Waals surface area contributed by atoms with Gasteiger partial charge in [-0.1, -0.05) is 47.5 Å². The lowest BCUT2D eigenvalue weighted by atomic mass is 10.1. The van der Waals surface area contributed by atoms with Crippen molar-refractivity contribution in [2.45, 2.75) is 13.8 Å². The van der Waals surface area contributed by atoms with Crippen LogP contribution in [-0.2, 0) is 0 Å². The van der Waals surface area contributed by atoms with E-state index in [-0.39, 0.29) is 5.82 Å². The Balaban J connectivity index is 2.16. The van der Waals surface area contributed by atoms with E-state index in [0.717, 1.165) is 11.4 Å². The van der Waals surface area contributed by atoms with Crippen LogP contribution in [0.15, 0.2) is 72.8 Å². The topological polar surface area (TPSA) is 3.24 Å². The lowest BCUT2D eigenvalue weighted by Crippen LogP contribution is -2.11. The summed E-state index contributed by atoms with van der Waals surface area (Å²) in [5.74, 6) is -0.233. The second-order valence-corrected chi connectivity index (χ2v) is 5.46. The van der Waals surface area contributed by atoms with Crippen molar-refractivity contribution in [2.75, 3.05) is 4.90 Å². The molecule has 0 aliphatic carbocycles. The molecule has 0 aliphatic heterocycles. The predicted molar refractivity (Wildman–Crippen MR) is 90.6 cm³/mol. The van der Waals surface area contributed by atoms with Gasteiger partial charge in [0.1, 0.15) is 5.82 Å². The van der Waals surface area contributed by atoms with Crippen LogP contribution in [0, 0.1) is 19.7 Å². The minimum atomic E-state index is -0.233. The number of hydrogen-bond acceptors (Lipinski definition) is 1. The monoisotopic (exact) mass is 291 g/mol. The molecule has 0 bridgehead atoms. The summed E-state index contributed by atoms with van der Waals surface area (Å²) in [6.45, 7) is 4.09. The zero-order valence-electron chi connectivity index (χ0n) is 12.8. The molecule has 1 nitrogen and oxygen atoms in total. The molecular formula is C20H18FN. The zero-order chi connectivity index (χ0) is 15.5. The number of para-hydroxylation sites is 1. The Morgan fingerprint density at radius 2 is 1.09 bits per heavy atom. The number of halogens is 1. The Morgan fingerprint density at radius 1 is 0.636 bits per heavy atom. The number of aryl methyl sites for hydroxylation is 2. The molecule has 3 aromatic carbocycles. The Bertz CT molecular complexity index is 715. The van der Waals surface area contributed by atoms with Crippen molar-refractivity contribution in [2.24, 2.45) is 0 Å². The van der Waals surface area contributed by atoms with E-state index in [1.54, 1.807) is 12.1 Å². The fourth-order valence-electron chi connectivity index (χ4n) is 2.45. The Morgan fingerprint density at radius 3 is 1.55 bits per heavy atom. The number of rotatable bonds is 3. The number of hydrogen-bond donors (Lipinski definition) is 0. The maximum absolute atomic E-state index is 14.3. The van der Waals surface area contributed by atoms with Gasteiger partial charge in [-0.2, -0.15) is 0 Å². The summed E-state index contributed by atoms with van der Waals surface area (Å²) in [5.41, 5.74) is 4.80. The molecule has 0 saturated heterocycles. The molecule has 3 rings (SSSR count). The molecule has 0 atom stereocenters. The molecular weight excluding hydrogens is 273 g/mol. The lowest BCUT2D eigenvalue weighted by molar-refractivity contribution is 0.629. The molecule has 3 aromatic rings. The normalized spacial score (nSPS) is 10.5. The summed E-state index contributed by atoms with van der Waals surface area (Å²) in [6.07, 6.45) is 0. The third-order valence-corrected chi connectivity index (χ3v) is 3.68. The van der Waals surface area contributed by atoms with Crippen molar-refractivity contribution in [3.63, 3.8) is 0 Å². The highest BCUT2D eigenvalue weighted by molar-refractivity contribution is 5.76. The highest BCUT2D eigenvalue weighted by Gasteiger charge is 2.15.